The second kappa shape index (κ2) is 7.94. The fourth-order valence-electron chi connectivity index (χ4n) is 2.34. The molecule has 6 nitrogen and oxygen atoms in total. The number of amides is 2. The summed E-state index contributed by atoms with van der Waals surface area (Å²) in [4.78, 5) is 28.5. The zero-order chi connectivity index (χ0) is 18.4. The average molecular weight is 347 g/mol. The Morgan fingerprint density at radius 1 is 0.846 bits per heavy atom. The maximum Gasteiger partial charge on any atom is 0.257 e. The van der Waals surface area contributed by atoms with Gasteiger partial charge in [-0.1, -0.05) is 12.1 Å². The number of hydrogen-bond donors (Lipinski definition) is 2. The van der Waals surface area contributed by atoms with E-state index in [0.717, 1.165) is 0 Å². The minimum absolute atomic E-state index is 0.264. The third-order valence-corrected chi connectivity index (χ3v) is 3.63. The molecule has 2 aromatic carbocycles. The molecule has 3 aromatic rings. The monoisotopic (exact) mass is 347 g/mol. The van der Waals surface area contributed by atoms with Crippen LogP contribution < -0.4 is 15.4 Å². The third kappa shape index (κ3) is 4.24. The van der Waals surface area contributed by atoms with E-state index in [1.165, 1.54) is 6.20 Å². The van der Waals surface area contributed by atoms with E-state index < -0.39 is 0 Å². The van der Waals surface area contributed by atoms with E-state index in [1.807, 2.05) is 0 Å². The van der Waals surface area contributed by atoms with E-state index in [2.05, 4.69) is 15.6 Å². The van der Waals surface area contributed by atoms with Gasteiger partial charge in [0.25, 0.3) is 11.8 Å². The molecule has 130 valence electrons. The summed E-state index contributed by atoms with van der Waals surface area (Å²) in [6.07, 6.45) is 3.09. The number of carbonyl (C=O) groups is 2. The zero-order valence-corrected chi connectivity index (χ0v) is 14.1. The number of pyridine rings is 1. The van der Waals surface area contributed by atoms with Crippen molar-refractivity contribution in [2.75, 3.05) is 17.7 Å². The van der Waals surface area contributed by atoms with Crippen LogP contribution in [0.3, 0.4) is 0 Å². The molecule has 2 amide bonds. The van der Waals surface area contributed by atoms with Crippen LogP contribution in [0.4, 0.5) is 11.4 Å². The Bertz CT molecular complexity index is 926. The molecule has 26 heavy (non-hydrogen) atoms. The molecule has 0 saturated heterocycles. The number of methoxy groups -OCH3 is 1. The van der Waals surface area contributed by atoms with Gasteiger partial charge >= 0.3 is 0 Å². The Hall–Kier alpha value is -3.67. The van der Waals surface area contributed by atoms with Gasteiger partial charge < -0.3 is 15.4 Å². The second-order valence-electron chi connectivity index (χ2n) is 5.46. The topological polar surface area (TPSA) is 80.3 Å². The first kappa shape index (κ1) is 17.2. The largest absolute Gasteiger partial charge is 0.497 e. The Morgan fingerprint density at radius 3 is 2.15 bits per heavy atom. The van der Waals surface area contributed by atoms with Crippen molar-refractivity contribution in [3.63, 3.8) is 0 Å². The lowest BCUT2D eigenvalue weighted by molar-refractivity contribution is 0.101. The summed E-state index contributed by atoms with van der Waals surface area (Å²) >= 11 is 0. The lowest BCUT2D eigenvalue weighted by Gasteiger charge is -2.09. The molecule has 2 N–H and O–H groups in total. The Morgan fingerprint density at radius 2 is 1.50 bits per heavy atom. The van der Waals surface area contributed by atoms with Gasteiger partial charge in [0, 0.05) is 29.3 Å². The van der Waals surface area contributed by atoms with E-state index in [4.69, 9.17) is 4.74 Å². The zero-order valence-electron chi connectivity index (χ0n) is 14.1. The smallest absolute Gasteiger partial charge is 0.257 e. The molecule has 0 saturated carbocycles. The quantitative estimate of drug-likeness (QED) is 0.739. The number of ether oxygens (including phenoxy) is 1. The van der Waals surface area contributed by atoms with Crippen molar-refractivity contribution in [3.8, 4) is 5.75 Å². The molecule has 0 fully saturated rings. The highest BCUT2D eigenvalue weighted by molar-refractivity contribution is 6.06. The summed E-state index contributed by atoms with van der Waals surface area (Å²) < 4.78 is 5.13. The van der Waals surface area contributed by atoms with Crippen LogP contribution in [0.25, 0.3) is 0 Å². The van der Waals surface area contributed by atoms with Crippen LogP contribution in [0, 0.1) is 0 Å². The molecule has 0 radical (unpaired) electrons. The number of carbonyl (C=O) groups excluding carboxylic acids is 2. The molecule has 0 aliphatic carbocycles. The lowest BCUT2D eigenvalue weighted by atomic mass is 10.2. The molecule has 3 rings (SSSR count). The summed E-state index contributed by atoms with van der Waals surface area (Å²) in [5.74, 6) is 0.0733. The first-order chi connectivity index (χ1) is 12.7. The van der Waals surface area contributed by atoms with E-state index >= 15 is 0 Å². The van der Waals surface area contributed by atoms with Crippen LogP contribution in [0.2, 0.25) is 0 Å². The molecule has 0 unspecified atom stereocenters. The Balaban J connectivity index is 1.71. The Kier molecular flexibility index (Phi) is 5.24. The third-order valence-electron chi connectivity index (χ3n) is 3.63. The summed E-state index contributed by atoms with van der Waals surface area (Å²) in [6.45, 7) is 0. The first-order valence-electron chi connectivity index (χ1n) is 7.92. The summed E-state index contributed by atoms with van der Waals surface area (Å²) in [6, 6.07) is 17.2. The van der Waals surface area contributed by atoms with Crippen molar-refractivity contribution < 1.29 is 14.3 Å². The van der Waals surface area contributed by atoms with E-state index in [0.29, 0.717) is 28.3 Å². The molecule has 0 bridgehead atoms. The molecule has 0 atom stereocenters. The van der Waals surface area contributed by atoms with Gasteiger partial charge in [0.2, 0.25) is 0 Å². The second-order valence-corrected chi connectivity index (χ2v) is 5.46. The van der Waals surface area contributed by atoms with Crippen LogP contribution in [0.15, 0.2) is 73.1 Å². The predicted molar refractivity (Wildman–Crippen MR) is 99.6 cm³/mol. The van der Waals surface area contributed by atoms with Crippen molar-refractivity contribution in [2.45, 2.75) is 0 Å². The minimum atomic E-state index is -0.269. The van der Waals surface area contributed by atoms with Gasteiger partial charge in [-0.2, -0.15) is 0 Å². The first-order valence-corrected chi connectivity index (χ1v) is 7.92. The van der Waals surface area contributed by atoms with E-state index in [-0.39, 0.29) is 11.8 Å². The van der Waals surface area contributed by atoms with Crippen molar-refractivity contribution in [1.82, 2.24) is 4.98 Å². The number of nitrogens with zero attached hydrogens (tertiary/aromatic N) is 1. The number of hydrogen-bond acceptors (Lipinski definition) is 4. The normalized spacial score (nSPS) is 10.0. The summed E-state index contributed by atoms with van der Waals surface area (Å²) in [5, 5.41) is 5.58. The molecular weight excluding hydrogens is 330 g/mol. The van der Waals surface area contributed by atoms with Crippen molar-refractivity contribution in [3.05, 3.63) is 84.2 Å². The molecule has 1 heterocycles. The minimum Gasteiger partial charge on any atom is -0.497 e. The van der Waals surface area contributed by atoms with E-state index in [1.54, 1.807) is 74.0 Å². The average Bonchev–Trinajstić information content (AvgIpc) is 2.69. The van der Waals surface area contributed by atoms with Crippen LogP contribution >= 0.6 is 0 Å². The van der Waals surface area contributed by atoms with Crippen LogP contribution in [0.5, 0.6) is 5.75 Å². The maximum atomic E-state index is 12.4. The summed E-state index contributed by atoms with van der Waals surface area (Å²) in [7, 11) is 1.55. The number of anilines is 2. The van der Waals surface area contributed by atoms with Crippen LogP contribution in [-0.4, -0.2) is 23.9 Å². The molecule has 6 heteroatoms. The maximum absolute atomic E-state index is 12.4. The fraction of sp³-hybridized carbons (Fsp3) is 0.0500. The SMILES string of the molecule is COc1cccc(C(=O)Nc2cccc(NC(=O)c3cccnc3)c2)c1. The highest BCUT2D eigenvalue weighted by Crippen LogP contribution is 2.18. The highest BCUT2D eigenvalue weighted by Gasteiger charge is 2.09. The molecule has 0 aliphatic heterocycles. The number of benzene rings is 2. The van der Waals surface area contributed by atoms with Gasteiger partial charge in [-0.3, -0.25) is 14.6 Å². The van der Waals surface area contributed by atoms with Gasteiger partial charge in [-0.25, -0.2) is 0 Å². The van der Waals surface area contributed by atoms with Gasteiger partial charge in [0.1, 0.15) is 5.75 Å². The van der Waals surface area contributed by atoms with Crippen LogP contribution in [-0.2, 0) is 0 Å². The summed E-state index contributed by atoms with van der Waals surface area (Å²) in [5.41, 5.74) is 2.08. The van der Waals surface area contributed by atoms with Gasteiger partial charge in [0.05, 0.1) is 12.7 Å². The molecule has 0 aliphatic rings. The molecule has 1 aromatic heterocycles. The van der Waals surface area contributed by atoms with Crippen LogP contribution in [0.1, 0.15) is 20.7 Å². The van der Waals surface area contributed by atoms with Crippen molar-refractivity contribution >= 4 is 23.2 Å². The fourth-order valence-corrected chi connectivity index (χ4v) is 2.34. The van der Waals surface area contributed by atoms with Crippen molar-refractivity contribution in [1.29, 1.82) is 0 Å². The number of aromatic nitrogens is 1. The number of rotatable bonds is 5. The van der Waals surface area contributed by atoms with Gasteiger partial charge in [-0.05, 0) is 48.5 Å². The highest BCUT2D eigenvalue weighted by atomic mass is 16.5. The van der Waals surface area contributed by atoms with Gasteiger partial charge in [0.15, 0.2) is 0 Å². The Labute approximate surface area is 150 Å². The predicted octanol–water partition coefficient (Wildman–Crippen LogP) is 3.59. The molecular formula is C20H17N3O3. The van der Waals surface area contributed by atoms with Gasteiger partial charge in [-0.15, -0.1) is 0 Å². The number of nitrogens with one attached hydrogen (secondary N) is 2. The standard InChI is InChI=1S/C20H17N3O3/c1-26-18-9-2-5-14(11-18)19(24)22-16-7-3-8-17(12-16)23-20(25)15-6-4-10-21-13-15/h2-13H,1H3,(H,22,24)(H,23,25). The van der Waals surface area contributed by atoms with Crippen molar-refractivity contribution in [2.24, 2.45) is 0 Å². The lowest BCUT2D eigenvalue weighted by Crippen LogP contribution is -2.14. The molecule has 0 spiro atoms. The van der Waals surface area contributed by atoms with E-state index in [9.17, 15) is 9.59 Å².